The third-order valence-electron chi connectivity index (χ3n) is 5.90. The molecule has 0 radical (unpaired) electrons. The minimum atomic E-state index is -0.840. The first-order valence-electron chi connectivity index (χ1n) is 9.01. The number of nitrogens with one attached hydrogen (secondary N) is 1. The number of thiazole rings is 1. The first kappa shape index (κ1) is 17.2. The number of carboxylic acids is 1. The highest BCUT2D eigenvalue weighted by molar-refractivity contribution is 7.14. The number of aromatic nitrogens is 1. The Bertz CT molecular complexity index is 876. The van der Waals surface area contributed by atoms with E-state index >= 15 is 0 Å². The van der Waals surface area contributed by atoms with Gasteiger partial charge in [-0.2, -0.15) is 0 Å². The van der Waals surface area contributed by atoms with Crippen molar-refractivity contribution in [2.75, 3.05) is 5.32 Å². The van der Waals surface area contributed by atoms with Crippen LogP contribution in [0.3, 0.4) is 0 Å². The zero-order chi connectivity index (χ0) is 18.4. The number of aliphatic carboxylic acids is 1. The second-order valence-corrected chi connectivity index (χ2v) is 8.43. The minimum Gasteiger partial charge on any atom is -0.481 e. The lowest BCUT2D eigenvalue weighted by molar-refractivity contribution is -0.148. The molecule has 136 valence electrons. The lowest BCUT2D eigenvalue weighted by Crippen LogP contribution is -2.37. The SMILES string of the molecule is Cc1ccc(-c2csc(NC(=O)[C@H]3[C@H]4CC[C@@H](C4)[C@H]3C(=O)O)n2)c(C)c1. The Morgan fingerprint density at radius 3 is 2.62 bits per heavy atom. The number of rotatable bonds is 4. The topological polar surface area (TPSA) is 79.3 Å². The maximum absolute atomic E-state index is 12.8. The van der Waals surface area contributed by atoms with Gasteiger partial charge in [-0.05, 0) is 50.5 Å². The number of hydrogen-bond acceptors (Lipinski definition) is 4. The molecular formula is C20H22N2O3S. The molecule has 0 unspecified atom stereocenters. The average molecular weight is 370 g/mol. The Morgan fingerprint density at radius 2 is 1.92 bits per heavy atom. The number of anilines is 1. The Morgan fingerprint density at radius 1 is 1.19 bits per heavy atom. The van der Waals surface area contributed by atoms with Gasteiger partial charge in [-0.15, -0.1) is 11.3 Å². The minimum absolute atomic E-state index is 0.148. The van der Waals surface area contributed by atoms with Gasteiger partial charge >= 0.3 is 5.97 Å². The van der Waals surface area contributed by atoms with Gasteiger partial charge in [0.05, 0.1) is 17.5 Å². The monoisotopic (exact) mass is 370 g/mol. The van der Waals surface area contributed by atoms with Crippen molar-refractivity contribution >= 4 is 28.3 Å². The van der Waals surface area contributed by atoms with Gasteiger partial charge in [-0.3, -0.25) is 9.59 Å². The fourth-order valence-corrected chi connectivity index (χ4v) is 5.48. The van der Waals surface area contributed by atoms with Crippen LogP contribution in [-0.2, 0) is 9.59 Å². The molecule has 26 heavy (non-hydrogen) atoms. The summed E-state index contributed by atoms with van der Waals surface area (Å²) in [6, 6.07) is 6.20. The number of carbonyl (C=O) groups is 2. The molecule has 2 aliphatic carbocycles. The van der Waals surface area contributed by atoms with Gasteiger partial charge in [0.25, 0.3) is 0 Å². The van der Waals surface area contributed by atoms with E-state index in [0.717, 1.165) is 36.1 Å². The molecule has 1 aromatic heterocycles. The Labute approximate surface area is 156 Å². The molecule has 4 rings (SSSR count). The molecule has 2 fully saturated rings. The Hall–Kier alpha value is -2.21. The van der Waals surface area contributed by atoms with Gasteiger partial charge in [0.2, 0.25) is 5.91 Å². The molecule has 1 aromatic carbocycles. The van der Waals surface area contributed by atoms with Crippen LogP contribution >= 0.6 is 11.3 Å². The van der Waals surface area contributed by atoms with E-state index in [1.54, 1.807) is 0 Å². The van der Waals surface area contributed by atoms with Gasteiger partial charge in [-0.25, -0.2) is 4.98 Å². The standard InChI is InChI=1S/C20H22N2O3S/c1-10-3-6-14(11(2)7-10)15-9-26-20(21-15)22-18(23)16-12-4-5-13(8-12)17(16)19(24)25/h3,6-7,9,12-13,16-17H,4-5,8H2,1-2H3,(H,24,25)(H,21,22,23)/t12-,13-,16-,17+/m0/s1. The van der Waals surface area contributed by atoms with Crippen LogP contribution in [0.2, 0.25) is 0 Å². The summed E-state index contributed by atoms with van der Waals surface area (Å²) < 4.78 is 0. The number of benzene rings is 1. The molecule has 6 heteroatoms. The second kappa shape index (κ2) is 6.50. The summed E-state index contributed by atoms with van der Waals surface area (Å²) in [5.41, 5.74) is 4.24. The maximum atomic E-state index is 12.8. The molecule has 2 bridgehead atoms. The van der Waals surface area contributed by atoms with Crippen LogP contribution in [0.5, 0.6) is 0 Å². The summed E-state index contributed by atoms with van der Waals surface area (Å²) in [5, 5.41) is 14.9. The highest BCUT2D eigenvalue weighted by atomic mass is 32.1. The molecule has 2 aliphatic rings. The summed E-state index contributed by atoms with van der Waals surface area (Å²) in [5.74, 6) is -1.67. The molecule has 4 atom stereocenters. The second-order valence-electron chi connectivity index (χ2n) is 7.57. The summed E-state index contributed by atoms with van der Waals surface area (Å²) in [7, 11) is 0. The molecule has 1 heterocycles. The predicted octanol–water partition coefficient (Wildman–Crippen LogP) is 4.11. The third-order valence-corrected chi connectivity index (χ3v) is 6.65. The molecule has 5 nitrogen and oxygen atoms in total. The number of amides is 1. The molecule has 2 aromatic rings. The van der Waals surface area contributed by atoms with Crippen LogP contribution in [0, 0.1) is 37.5 Å². The number of hydrogen-bond donors (Lipinski definition) is 2. The predicted molar refractivity (Wildman–Crippen MR) is 101 cm³/mol. The normalized spacial score (nSPS) is 26.8. The first-order valence-corrected chi connectivity index (χ1v) is 9.89. The average Bonchev–Trinajstić information content (AvgIpc) is 3.29. The van der Waals surface area contributed by atoms with E-state index in [0.29, 0.717) is 5.13 Å². The molecule has 0 aliphatic heterocycles. The van der Waals surface area contributed by atoms with Gasteiger partial charge in [-0.1, -0.05) is 23.8 Å². The van der Waals surface area contributed by atoms with Gasteiger partial charge in [0.15, 0.2) is 5.13 Å². The van der Waals surface area contributed by atoms with Crippen molar-refractivity contribution < 1.29 is 14.7 Å². The van der Waals surface area contributed by atoms with Gasteiger partial charge in [0, 0.05) is 10.9 Å². The van der Waals surface area contributed by atoms with Crippen LogP contribution in [0.1, 0.15) is 30.4 Å². The van der Waals surface area contributed by atoms with Crippen LogP contribution in [0.4, 0.5) is 5.13 Å². The van der Waals surface area contributed by atoms with E-state index in [9.17, 15) is 14.7 Å². The quantitative estimate of drug-likeness (QED) is 0.849. The zero-order valence-electron chi connectivity index (χ0n) is 14.9. The highest BCUT2D eigenvalue weighted by Crippen LogP contribution is 2.52. The number of carboxylic acid groups (broad SMARTS) is 1. The fraction of sp³-hybridized carbons (Fsp3) is 0.450. The van der Waals surface area contributed by atoms with Crippen LogP contribution < -0.4 is 5.32 Å². The number of aryl methyl sites for hydroxylation is 2. The van der Waals surface area contributed by atoms with E-state index in [-0.39, 0.29) is 17.7 Å². The lowest BCUT2D eigenvalue weighted by atomic mass is 9.79. The van der Waals surface area contributed by atoms with Crippen molar-refractivity contribution in [1.29, 1.82) is 0 Å². The van der Waals surface area contributed by atoms with E-state index in [4.69, 9.17) is 0 Å². The summed E-state index contributed by atoms with van der Waals surface area (Å²) in [6.45, 7) is 4.10. The van der Waals surface area contributed by atoms with Crippen molar-refractivity contribution in [3.8, 4) is 11.3 Å². The van der Waals surface area contributed by atoms with Crippen LogP contribution in [0.15, 0.2) is 23.6 Å². The van der Waals surface area contributed by atoms with Crippen LogP contribution in [0.25, 0.3) is 11.3 Å². The fourth-order valence-electron chi connectivity index (χ4n) is 4.77. The van der Waals surface area contributed by atoms with E-state index < -0.39 is 17.8 Å². The number of nitrogens with zero attached hydrogens (tertiary/aromatic N) is 1. The summed E-state index contributed by atoms with van der Waals surface area (Å²) >= 11 is 1.38. The molecule has 2 saturated carbocycles. The summed E-state index contributed by atoms with van der Waals surface area (Å²) in [6.07, 6.45) is 2.75. The lowest BCUT2D eigenvalue weighted by Gasteiger charge is -2.26. The van der Waals surface area contributed by atoms with Crippen molar-refractivity contribution in [3.63, 3.8) is 0 Å². The largest absolute Gasteiger partial charge is 0.481 e. The van der Waals surface area contributed by atoms with Crippen molar-refractivity contribution in [3.05, 3.63) is 34.7 Å². The van der Waals surface area contributed by atoms with Crippen molar-refractivity contribution in [2.24, 2.45) is 23.7 Å². The van der Waals surface area contributed by atoms with Crippen molar-refractivity contribution in [1.82, 2.24) is 4.98 Å². The van der Waals surface area contributed by atoms with Crippen LogP contribution in [-0.4, -0.2) is 22.0 Å². The van der Waals surface area contributed by atoms with E-state index in [2.05, 4.69) is 23.3 Å². The summed E-state index contributed by atoms with van der Waals surface area (Å²) in [4.78, 5) is 28.9. The maximum Gasteiger partial charge on any atom is 0.307 e. The molecule has 2 N–H and O–H groups in total. The smallest absolute Gasteiger partial charge is 0.307 e. The molecular weight excluding hydrogens is 348 g/mol. The third kappa shape index (κ3) is 2.92. The molecule has 0 saturated heterocycles. The van der Waals surface area contributed by atoms with E-state index in [1.807, 2.05) is 24.4 Å². The Kier molecular flexibility index (Phi) is 4.31. The first-order chi connectivity index (χ1) is 12.4. The number of fused-ring (bicyclic) bond motifs is 2. The van der Waals surface area contributed by atoms with Gasteiger partial charge < -0.3 is 10.4 Å². The number of carbonyl (C=O) groups excluding carboxylic acids is 1. The van der Waals surface area contributed by atoms with Gasteiger partial charge in [0.1, 0.15) is 0 Å². The Balaban J connectivity index is 1.52. The van der Waals surface area contributed by atoms with E-state index in [1.165, 1.54) is 16.9 Å². The van der Waals surface area contributed by atoms with Crippen molar-refractivity contribution in [2.45, 2.75) is 33.1 Å². The molecule has 1 amide bonds. The molecule has 0 spiro atoms. The zero-order valence-corrected chi connectivity index (χ0v) is 15.7. The highest BCUT2D eigenvalue weighted by Gasteiger charge is 2.54.